The topological polar surface area (TPSA) is 81.2 Å². The molecule has 0 spiro atoms. The van der Waals surface area contributed by atoms with Gasteiger partial charge in [0, 0.05) is 23.9 Å². The fraction of sp³-hybridized carbons (Fsp3) is 0.308. The highest BCUT2D eigenvalue weighted by molar-refractivity contribution is 7.98. The van der Waals surface area contributed by atoms with Crippen LogP contribution in [-0.4, -0.2) is 42.1 Å². The molecule has 2 aromatic rings. The van der Waals surface area contributed by atoms with E-state index in [2.05, 4.69) is 25.6 Å². The fourth-order valence-corrected chi connectivity index (χ4v) is 1.93. The van der Waals surface area contributed by atoms with Gasteiger partial charge in [-0.1, -0.05) is 11.8 Å². The van der Waals surface area contributed by atoms with Crippen molar-refractivity contribution >= 4 is 23.4 Å². The van der Waals surface area contributed by atoms with Crippen molar-refractivity contribution in [3.63, 3.8) is 0 Å². The molecule has 1 aromatic heterocycles. The molecule has 0 atom stereocenters. The average molecular weight is 307 g/mol. The zero-order valence-corrected chi connectivity index (χ0v) is 12.9. The van der Waals surface area contributed by atoms with Crippen LogP contribution in [0.2, 0.25) is 0 Å². The van der Waals surface area contributed by atoms with E-state index in [0.717, 1.165) is 17.2 Å². The number of aromatic nitrogens is 3. The van der Waals surface area contributed by atoms with Crippen LogP contribution in [0.1, 0.15) is 0 Å². The van der Waals surface area contributed by atoms with E-state index in [0.29, 0.717) is 17.8 Å². The third kappa shape index (κ3) is 4.38. The number of nitrogens with one attached hydrogen (secondary N) is 2. The molecule has 0 aliphatic carbocycles. The molecule has 0 bridgehead atoms. The van der Waals surface area contributed by atoms with E-state index < -0.39 is 0 Å². The lowest BCUT2D eigenvalue weighted by Gasteiger charge is -2.11. The van der Waals surface area contributed by atoms with Crippen molar-refractivity contribution in [3.05, 3.63) is 24.5 Å². The normalized spacial score (nSPS) is 10.0. The summed E-state index contributed by atoms with van der Waals surface area (Å²) < 4.78 is 10.4. The lowest BCUT2D eigenvalue weighted by atomic mass is 10.3. The second-order valence-corrected chi connectivity index (χ2v) is 4.70. The molecule has 1 heterocycles. The first kappa shape index (κ1) is 15.2. The van der Waals surface area contributed by atoms with Crippen molar-refractivity contribution in [1.82, 2.24) is 15.0 Å². The minimum atomic E-state index is 0.466. The largest absolute Gasteiger partial charge is 0.497 e. The Balaban J connectivity index is 1.96. The molecule has 0 unspecified atom stereocenters. The van der Waals surface area contributed by atoms with Crippen molar-refractivity contribution in [2.24, 2.45) is 0 Å². The van der Waals surface area contributed by atoms with Gasteiger partial charge in [0.15, 0.2) is 5.16 Å². The van der Waals surface area contributed by atoms with Gasteiger partial charge in [0.2, 0.25) is 5.95 Å². The third-order valence-electron chi connectivity index (χ3n) is 2.62. The Bertz CT molecular complexity index is 574. The van der Waals surface area contributed by atoms with Gasteiger partial charge in [0.25, 0.3) is 0 Å². The first-order valence-corrected chi connectivity index (χ1v) is 7.41. The molecule has 0 saturated heterocycles. The van der Waals surface area contributed by atoms with E-state index in [1.807, 2.05) is 24.5 Å². The van der Waals surface area contributed by atoms with E-state index in [4.69, 9.17) is 9.47 Å². The summed E-state index contributed by atoms with van der Waals surface area (Å²) in [6, 6.07) is 5.57. The maximum atomic E-state index is 5.22. The Kier molecular flexibility index (Phi) is 5.44. The minimum absolute atomic E-state index is 0.466. The van der Waals surface area contributed by atoms with Gasteiger partial charge >= 0.3 is 0 Å². The number of benzene rings is 1. The third-order valence-corrected chi connectivity index (χ3v) is 3.18. The Morgan fingerprint density at radius 3 is 2.38 bits per heavy atom. The molecular weight excluding hydrogens is 290 g/mol. The van der Waals surface area contributed by atoms with Gasteiger partial charge in [0.1, 0.15) is 17.8 Å². The molecule has 0 aliphatic heterocycles. The molecule has 21 heavy (non-hydrogen) atoms. The smallest absolute Gasteiger partial charge is 0.228 e. The first-order chi connectivity index (χ1) is 10.2. The van der Waals surface area contributed by atoms with Crippen LogP contribution in [0.15, 0.2) is 29.7 Å². The van der Waals surface area contributed by atoms with Gasteiger partial charge in [-0.25, -0.2) is 9.97 Å². The van der Waals surface area contributed by atoms with Crippen molar-refractivity contribution in [1.29, 1.82) is 0 Å². The van der Waals surface area contributed by atoms with E-state index in [-0.39, 0.29) is 0 Å². The van der Waals surface area contributed by atoms with E-state index >= 15 is 0 Å². The first-order valence-electron chi connectivity index (χ1n) is 6.19. The fourth-order valence-electron chi connectivity index (χ4n) is 1.60. The summed E-state index contributed by atoms with van der Waals surface area (Å²) in [7, 11) is 3.23. The lowest BCUT2D eigenvalue weighted by molar-refractivity contribution is 0.394. The molecule has 2 N–H and O–H groups in total. The van der Waals surface area contributed by atoms with Crippen LogP contribution in [0, 0.1) is 0 Å². The lowest BCUT2D eigenvalue weighted by Crippen LogP contribution is -2.14. The van der Waals surface area contributed by atoms with Crippen molar-refractivity contribution in [2.45, 2.75) is 5.16 Å². The van der Waals surface area contributed by atoms with Crippen LogP contribution >= 0.6 is 11.8 Å². The average Bonchev–Trinajstić information content (AvgIpc) is 2.54. The molecule has 112 valence electrons. The van der Waals surface area contributed by atoms with Gasteiger partial charge in [-0.15, -0.1) is 0 Å². The predicted molar refractivity (Wildman–Crippen MR) is 83.3 cm³/mol. The quantitative estimate of drug-likeness (QED) is 0.594. The molecule has 1 aromatic carbocycles. The second kappa shape index (κ2) is 7.53. The number of thioether (sulfide) groups is 1. The number of methoxy groups -OCH3 is 2. The summed E-state index contributed by atoms with van der Waals surface area (Å²) in [5.74, 6) is 1.97. The molecule has 0 amide bonds. The Labute approximate surface area is 127 Å². The molecule has 0 radical (unpaired) electrons. The number of ether oxygens (including phenoxy) is 2. The van der Waals surface area contributed by atoms with Gasteiger partial charge in [0.05, 0.1) is 20.9 Å². The van der Waals surface area contributed by atoms with Crippen molar-refractivity contribution in [3.8, 4) is 11.5 Å². The molecule has 2 rings (SSSR count). The van der Waals surface area contributed by atoms with Crippen LogP contribution in [-0.2, 0) is 0 Å². The van der Waals surface area contributed by atoms with Crippen LogP contribution in [0.5, 0.6) is 11.5 Å². The maximum Gasteiger partial charge on any atom is 0.228 e. The van der Waals surface area contributed by atoms with Crippen LogP contribution in [0.3, 0.4) is 0 Å². The summed E-state index contributed by atoms with van der Waals surface area (Å²) in [6.45, 7) is 0.466. The van der Waals surface area contributed by atoms with Crippen molar-refractivity contribution in [2.75, 3.05) is 37.8 Å². The SMILES string of the molecule is COc1cc(NCNc2ncnc(SC)n2)cc(OC)c1. The summed E-state index contributed by atoms with van der Waals surface area (Å²) in [5.41, 5.74) is 0.873. The zero-order chi connectivity index (χ0) is 15.1. The number of hydrogen-bond acceptors (Lipinski definition) is 8. The maximum absolute atomic E-state index is 5.22. The molecule has 8 heteroatoms. The highest BCUT2D eigenvalue weighted by Crippen LogP contribution is 2.25. The number of hydrogen-bond donors (Lipinski definition) is 2. The van der Waals surface area contributed by atoms with E-state index in [1.165, 1.54) is 18.1 Å². The van der Waals surface area contributed by atoms with Gasteiger partial charge in [-0.3, -0.25) is 0 Å². The van der Waals surface area contributed by atoms with Gasteiger partial charge in [-0.2, -0.15) is 4.98 Å². The Morgan fingerprint density at radius 2 is 1.76 bits per heavy atom. The van der Waals surface area contributed by atoms with Crippen LogP contribution in [0.4, 0.5) is 11.6 Å². The Hall–Kier alpha value is -2.22. The highest BCUT2D eigenvalue weighted by atomic mass is 32.2. The summed E-state index contributed by atoms with van der Waals surface area (Å²) in [4.78, 5) is 12.3. The predicted octanol–water partition coefficient (Wildman–Crippen LogP) is 2.09. The number of anilines is 2. The van der Waals surface area contributed by atoms with Gasteiger partial charge < -0.3 is 20.1 Å². The zero-order valence-electron chi connectivity index (χ0n) is 12.1. The summed E-state index contributed by atoms with van der Waals surface area (Å²) in [6.07, 6.45) is 3.40. The molecule has 0 fully saturated rings. The van der Waals surface area contributed by atoms with Crippen LogP contribution in [0.25, 0.3) is 0 Å². The molecule has 0 aliphatic rings. The second-order valence-electron chi connectivity index (χ2n) is 3.93. The minimum Gasteiger partial charge on any atom is -0.497 e. The number of rotatable bonds is 7. The van der Waals surface area contributed by atoms with Gasteiger partial charge in [-0.05, 0) is 6.26 Å². The summed E-state index contributed by atoms with van der Waals surface area (Å²) in [5, 5.41) is 6.95. The monoisotopic (exact) mass is 307 g/mol. The van der Waals surface area contributed by atoms with Crippen LogP contribution < -0.4 is 20.1 Å². The summed E-state index contributed by atoms with van der Waals surface area (Å²) >= 11 is 1.47. The molecular formula is C13H17N5O2S. The highest BCUT2D eigenvalue weighted by Gasteiger charge is 2.02. The Morgan fingerprint density at radius 1 is 1.05 bits per heavy atom. The molecule has 0 saturated carbocycles. The van der Waals surface area contributed by atoms with E-state index in [1.54, 1.807) is 14.2 Å². The standard InChI is InChI=1S/C13H17N5O2S/c1-19-10-4-9(5-11(6-10)20-2)14-7-15-12-16-8-17-13(18-12)21-3/h4-6,8,14H,7H2,1-3H3,(H,15,16,17,18). The van der Waals surface area contributed by atoms with Crippen molar-refractivity contribution < 1.29 is 9.47 Å². The van der Waals surface area contributed by atoms with E-state index in [9.17, 15) is 0 Å². The number of nitrogens with zero attached hydrogens (tertiary/aromatic N) is 3. The molecule has 7 nitrogen and oxygen atoms in total.